The molecule has 0 bridgehead atoms. The van der Waals surface area contributed by atoms with Gasteiger partial charge in [0.2, 0.25) is 10.0 Å². The number of hydrogen-bond donors (Lipinski definition) is 1. The number of ether oxygens (including phenoxy) is 1. The third-order valence-electron chi connectivity index (χ3n) is 2.44. The van der Waals surface area contributed by atoms with Crippen LogP contribution in [0.1, 0.15) is 18.9 Å². The summed E-state index contributed by atoms with van der Waals surface area (Å²) in [5.74, 6) is 0.525. The van der Waals surface area contributed by atoms with Crippen LogP contribution in [-0.2, 0) is 16.6 Å². The van der Waals surface area contributed by atoms with Crippen molar-refractivity contribution in [2.75, 3.05) is 20.7 Å². The molecule has 1 N–H and O–H groups in total. The van der Waals surface area contributed by atoms with Crippen LogP contribution >= 0.6 is 0 Å². The highest BCUT2D eigenvalue weighted by Gasteiger charge is 2.18. The van der Waals surface area contributed by atoms with E-state index in [1.165, 1.54) is 26.2 Å². The maximum absolute atomic E-state index is 11.9. The first-order valence-electron chi connectivity index (χ1n) is 5.72. The molecule has 0 heterocycles. The standard InChI is InChI=1S/C12H19NO4S/c1-4-7-17-12-6-5-11(8-10(12)9-14)18(15,16)13(2)3/h5-6,8,14H,4,7,9H2,1-3H3. The predicted molar refractivity (Wildman–Crippen MR) is 69.0 cm³/mol. The zero-order valence-electron chi connectivity index (χ0n) is 10.9. The monoisotopic (exact) mass is 273 g/mol. The summed E-state index contributed by atoms with van der Waals surface area (Å²) >= 11 is 0. The summed E-state index contributed by atoms with van der Waals surface area (Å²) in [7, 11) is -0.545. The van der Waals surface area contributed by atoms with Crippen LogP contribution in [0.3, 0.4) is 0 Å². The van der Waals surface area contributed by atoms with E-state index in [1.54, 1.807) is 6.07 Å². The summed E-state index contributed by atoms with van der Waals surface area (Å²) in [6.45, 7) is 2.26. The number of aliphatic hydroxyl groups is 1. The fraction of sp³-hybridized carbons (Fsp3) is 0.500. The van der Waals surface area contributed by atoms with Gasteiger partial charge in [0.05, 0.1) is 18.1 Å². The fourth-order valence-corrected chi connectivity index (χ4v) is 2.36. The topological polar surface area (TPSA) is 66.8 Å². The van der Waals surface area contributed by atoms with Gasteiger partial charge in [0.25, 0.3) is 0 Å². The Labute approximate surface area is 108 Å². The molecule has 0 unspecified atom stereocenters. The fourth-order valence-electron chi connectivity index (χ4n) is 1.40. The Hall–Kier alpha value is -1.11. The molecule has 0 radical (unpaired) electrons. The second-order valence-corrected chi connectivity index (χ2v) is 6.22. The molecule has 6 heteroatoms. The molecule has 18 heavy (non-hydrogen) atoms. The summed E-state index contributed by atoms with van der Waals surface area (Å²) in [6, 6.07) is 4.51. The molecule has 1 aromatic rings. The highest BCUT2D eigenvalue weighted by molar-refractivity contribution is 7.89. The van der Waals surface area contributed by atoms with E-state index >= 15 is 0 Å². The molecule has 0 saturated heterocycles. The normalized spacial score (nSPS) is 11.8. The van der Waals surface area contributed by atoms with Crippen LogP contribution in [0, 0.1) is 0 Å². The zero-order chi connectivity index (χ0) is 13.8. The average Bonchev–Trinajstić information content (AvgIpc) is 2.35. The lowest BCUT2D eigenvalue weighted by atomic mass is 10.2. The predicted octanol–water partition coefficient (Wildman–Crippen LogP) is 1.22. The van der Waals surface area contributed by atoms with E-state index in [1.807, 2.05) is 6.92 Å². The number of hydrogen-bond acceptors (Lipinski definition) is 4. The molecule has 5 nitrogen and oxygen atoms in total. The first kappa shape index (κ1) is 14.9. The number of benzene rings is 1. The minimum atomic E-state index is -3.48. The van der Waals surface area contributed by atoms with Gasteiger partial charge in [-0.15, -0.1) is 0 Å². The first-order valence-corrected chi connectivity index (χ1v) is 7.16. The van der Waals surface area contributed by atoms with Gasteiger partial charge in [0, 0.05) is 19.7 Å². The highest BCUT2D eigenvalue weighted by atomic mass is 32.2. The molecule has 0 atom stereocenters. The highest BCUT2D eigenvalue weighted by Crippen LogP contribution is 2.24. The first-order chi connectivity index (χ1) is 8.43. The van der Waals surface area contributed by atoms with E-state index in [0.29, 0.717) is 17.9 Å². The number of nitrogens with zero attached hydrogens (tertiary/aromatic N) is 1. The van der Waals surface area contributed by atoms with Crippen molar-refractivity contribution in [2.24, 2.45) is 0 Å². The van der Waals surface area contributed by atoms with Gasteiger partial charge in [0.1, 0.15) is 5.75 Å². The molecule has 0 spiro atoms. The quantitative estimate of drug-likeness (QED) is 0.846. The minimum absolute atomic E-state index is 0.153. The van der Waals surface area contributed by atoms with E-state index in [2.05, 4.69) is 0 Å². The summed E-state index contributed by atoms with van der Waals surface area (Å²) in [5, 5.41) is 9.26. The molecule has 0 aliphatic heterocycles. The van der Waals surface area contributed by atoms with Crippen LogP contribution in [0.2, 0.25) is 0 Å². The van der Waals surface area contributed by atoms with Gasteiger partial charge in [-0.1, -0.05) is 6.92 Å². The lowest BCUT2D eigenvalue weighted by molar-refractivity contribution is 0.262. The number of sulfonamides is 1. The van der Waals surface area contributed by atoms with E-state index < -0.39 is 10.0 Å². The molecule has 0 saturated carbocycles. The molecular formula is C12H19NO4S. The Kier molecular flexibility index (Phi) is 5.13. The molecule has 0 aromatic heterocycles. The van der Waals surface area contributed by atoms with Crippen molar-refractivity contribution in [3.63, 3.8) is 0 Å². The molecular weight excluding hydrogens is 254 g/mol. The Balaban J connectivity index is 3.13. The lowest BCUT2D eigenvalue weighted by Gasteiger charge is -2.14. The largest absolute Gasteiger partial charge is 0.493 e. The molecule has 0 aliphatic rings. The summed E-state index contributed by atoms with van der Waals surface area (Å²) < 4.78 is 30.4. The van der Waals surface area contributed by atoms with Gasteiger partial charge in [-0.25, -0.2) is 12.7 Å². The van der Waals surface area contributed by atoms with Crippen molar-refractivity contribution in [1.82, 2.24) is 4.31 Å². The zero-order valence-corrected chi connectivity index (χ0v) is 11.7. The van der Waals surface area contributed by atoms with Crippen molar-refractivity contribution >= 4 is 10.0 Å². The van der Waals surface area contributed by atoms with Crippen molar-refractivity contribution in [1.29, 1.82) is 0 Å². The summed E-state index contributed by atoms with van der Waals surface area (Å²) in [4.78, 5) is 0.153. The second-order valence-electron chi connectivity index (χ2n) is 4.06. The maximum Gasteiger partial charge on any atom is 0.242 e. The number of aliphatic hydroxyl groups excluding tert-OH is 1. The van der Waals surface area contributed by atoms with Crippen LogP contribution < -0.4 is 4.74 Å². The van der Waals surface area contributed by atoms with E-state index in [-0.39, 0.29) is 11.5 Å². The summed E-state index contributed by atoms with van der Waals surface area (Å²) in [5.41, 5.74) is 0.478. The van der Waals surface area contributed by atoms with Crippen molar-refractivity contribution in [3.8, 4) is 5.75 Å². The Morgan fingerprint density at radius 2 is 2.00 bits per heavy atom. The number of rotatable bonds is 6. The van der Waals surface area contributed by atoms with E-state index in [0.717, 1.165) is 10.7 Å². The third-order valence-corrected chi connectivity index (χ3v) is 4.25. The average molecular weight is 273 g/mol. The molecule has 0 aliphatic carbocycles. The van der Waals surface area contributed by atoms with Crippen molar-refractivity contribution in [2.45, 2.75) is 24.8 Å². The molecule has 0 fully saturated rings. The van der Waals surface area contributed by atoms with E-state index in [4.69, 9.17) is 4.74 Å². The van der Waals surface area contributed by atoms with Crippen LogP contribution in [0.15, 0.2) is 23.1 Å². The SMILES string of the molecule is CCCOc1ccc(S(=O)(=O)N(C)C)cc1CO. The van der Waals surface area contributed by atoms with Crippen LogP contribution in [-0.4, -0.2) is 38.5 Å². The van der Waals surface area contributed by atoms with Gasteiger partial charge < -0.3 is 9.84 Å². The van der Waals surface area contributed by atoms with Crippen LogP contribution in [0.4, 0.5) is 0 Å². The van der Waals surface area contributed by atoms with Gasteiger partial charge >= 0.3 is 0 Å². The lowest BCUT2D eigenvalue weighted by Crippen LogP contribution is -2.22. The second kappa shape index (κ2) is 6.17. The Morgan fingerprint density at radius 3 is 2.50 bits per heavy atom. The Morgan fingerprint density at radius 1 is 1.33 bits per heavy atom. The van der Waals surface area contributed by atoms with Crippen molar-refractivity contribution < 1.29 is 18.3 Å². The van der Waals surface area contributed by atoms with Crippen molar-refractivity contribution in [3.05, 3.63) is 23.8 Å². The Bertz CT molecular complexity index is 497. The van der Waals surface area contributed by atoms with Gasteiger partial charge in [-0.2, -0.15) is 0 Å². The molecule has 1 aromatic carbocycles. The molecule has 1 rings (SSSR count). The van der Waals surface area contributed by atoms with Crippen LogP contribution in [0.25, 0.3) is 0 Å². The minimum Gasteiger partial charge on any atom is -0.493 e. The van der Waals surface area contributed by atoms with Crippen LogP contribution in [0.5, 0.6) is 5.75 Å². The van der Waals surface area contributed by atoms with E-state index in [9.17, 15) is 13.5 Å². The summed E-state index contributed by atoms with van der Waals surface area (Å²) in [6.07, 6.45) is 0.850. The molecule has 102 valence electrons. The smallest absolute Gasteiger partial charge is 0.242 e. The van der Waals surface area contributed by atoms with Gasteiger partial charge in [0.15, 0.2) is 0 Å². The molecule has 0 amide bonds. The van der Waals surface area contributed by atoms with Gasteiger partial charge in [-0.3, -0.25) is 0 Å². The maximum atomic E-state index is 11.9. The third kappa shape index (κ3) is 3.22. The van der Waals surface area contributed by atoms with Gasteiger partial charge in [-0.05, 0) is 24.6 Å².